The Kier molecular flexibility index (Phi) is 5.67. The average Bonchev–Trinajstić information content (AvgIpc) is 2.99. The molecule has 4 heterocycles. The maximum Gasteiger partial charge on any atom is 0.275 e. The largest absolute Gasteiger partial charge is 0.333 e. The molecule has 2 atom stereocenters. The van der Waals surface area contributed by atoms with E-state index in [9.17, 15) is 13.6 Å². The van der Waals surface area contributed by atoms with Gasteiger partial charge in [-0.2, -0.15) is 0 Å². The first-order chi connectivity index (χ1) is 13.6. The number of amides is 1. The molecule has 4 nitrogen and oxygen atoms in total. The lowest BCUT2D eigenvalue weighted by Gasteiger charge is -2.36. The first kappa shape index (κ1) is 19.0. The average molecular weight is 385 g/mol. The van der Waals surface area contributed by atoms with Gasteiger partial charge in [-0.05, 0) is 43.7 Å². The zero-order chi connectivity index (χ0) is 19.5. The number of carbonyl (C=O) groups excluding carboxylic acids is 1. The van der Waals surface area contributed by atoms with E-state index >= 15 is 0 Å². The van der Waals surface area contributed by atoms with Crippen molar-refractivity contribution in [2.75, 3.05) is 26.2 Å². The van der Waals surface area contributed by atoms with E-state index in [-0.39, 0.29) is 11.7 Å². The number of nitrogens with zero attached hydrogens (tertiary/aromatic N) is 3. The summed E-state index contributed by atoms with van der Waals surface area (Å²) in [6.07, 6.45) is 5.03. The molecular weight excluding hydrogens is 360 g/mol. The van der Waals surface area contributed by atoms with Crippen molar-refractivity contribution in [2.45, 2.75) is 31.7 Å². The van der Waals surface area contributed by atoms with Gasteiger partial charge in [-0.3, -0.25) is 4.79 Å². The SMILES string of the molecule is O=C(c1ncc(F)cc1F)N1C[C@H]2CC[C@@H]1CN(CCCc1ccccc1)C2. The fourth-order valence-electron chi connectivity index (χ4n) is 4.47. The van der Waals surface area contributed by atoms with Crippen LogP contribution in [0, 0.1) is 17.6 Å². The smallest absolute Gasteiger partial charge is 0.275 e. The molecule has 2 aromatic rings. The number of hydrogen-bond acceptors (Lipinski definition) is 3. The molecule has 5 rings (SSSR count). The number of piperidine rings is 1. The highest BCUT2D eigenvalue weighted by molar-refractivity contribution is 5.92. The minimum absolute atomic E-state index is 0.0641. The van der Waals surface area contributed by atoms with E-state index in [1.165, 1.54) is 5.56 Å². The van der Waals surface area contributed by atoms with Crippen molar-refractivity contribution in [1.29, 1.82) is 0 Å². The molecule has 0 aliphatic carbocycles. The number of pyridine rings is 1. The van der Waals surface area contributed by atoms with Gasteiger partial charge in [0.15, 0.2) is 11.5 Å². The van der Waals surface area contributed by atoms with Crippen molar-refractivity contribution in [1.82, 2.24) is 14.8 Å². The maximum atomic E-state index is 14.0. The van der Waals surface area contributed by atoms with Gasteiger partial charge in [0.05, 0.1) is 6.20 Å². The van der Waals surface area contributed by atoms with Crippen molar-refractivity contribution in [2.24, 2.45) is 5.92 Å². The first-order valence-electron chi connectivity index (χ1n) is 9.98. The summed E-state index contributed by atoms with van der Waals surface area (Å²) in [5, 5.41) is 0. The standard InChI is InChI=1S/C22H25F2N3O/c23-18-11-20(24)21(25-12-18)22(28)27-14-17-8-9-19(27)15-26(13-17)10-4-7-16-5-2-1-3-6-16/h1-3,5-6,11-12,17,19H,4,7-10,13-15H2/t17-,19+/m0/s1. The molecule has 3 saturated heterocycles. The van der Waals surface area contributed by atoms with Crippen LogP contribution in [0.4, 0.5) is 8.78 Å². The third-order valence-corrected chi connectivity index (χ3v) is 5.84. The van der Waals surface area contributed by atoms with E-state index in [2.05, 4.69) is 34.1 Å². The maximum absolute atomic E-state index is 14.0. The van der Waals surface area contributed by atoms with E-state index < -0.39 is 17.5 Å². The fourth-order valence-corrected chi connectivity index (χ4v) is 4.47. The summed E-state index contributed by atoms with van der Waals surface area (Å²) in [4.78, 5) is 20.8. The summed E-state index contributed by atoms with van der Waals surface area (Å²) < 4.78 is 27.2. The van der Waals surface area contributed by atoms with Gasteiger partial charge < -0.3 is 9.80 Å². The highest BCUT2D eigenvalue weighted by Crippen LogP contribution is 2.29. The molecule has 148 valence electrons. The summed E-state index contributed by atoms with van der Waals surface area (Å²) in [6, 6.07) is 11.2. The molecule has 6 heteroatoms. The number of fused-ring (bicyclic) bond motifs is 4. The van der Waals surface area contributed by atoms with Gasteiger partial charge in [0.1, 0.15) is 5.82 Å². The number of hydrogen-bond donors (Lipinski definition) is 0. The molecule has 1 aromatic heterocycles. The Bertz CT molecular complexity index is 830. The Labute approximate surface area is 164 Å². The van der Waals surface area contributed by atoms with Crippen LogP contribution in [0.5, 0.6) is 0 Å². The molecule has 3 aliphatic rings. The number of aryl methyl sites for hydroxylation is 1. The van der Waals surface area contributed by atoms with Crippen LogP contribution in [0.2, 0.25) is 0 Å². The Hall–Kier alpha value is -2.34. The molecule has 3 aliphatic heterocycles. The molecule has 0 N–H and O–H groups in total. The van der Waals surface area contributed by atoms with Crippen LogP contribution >= 0.6 is 0 Å². The topological polar surface area (TPSA) is 36.4 Å². The van der Waals surface area contributed by atoms with E-state index in [1.807, 2.05) is 6.07 Å². The normalized spacial score (nSPS) is 22.3. The molecule has 28 heavy (non-hydrogen) atoms. The number of aromatic nitrogens is 1. The first-order valence-corrected chi connectivity index (χ1v) is 9.98. The summed E-state index contributed by atoms with van der Waals surface area (Å²) in [6.45, 7) is 3.39. The molecule has 1 amide bonds. The second kappa shape index (κ2) is 8.35. The minimum atomic E-state index is -0.884. The van der Waals surface area contributed by atoms with Crippen LogP contribution < -0.4 is 0 Å². The van der Waals surface area contributed by atoms with Crippen LogP contribution in [0.25, 0.3) is 0 Å². The highest BCUT2D eigenvalue weighted by atomic mass is 19.1. The van der Waals surface area contributed by atoms with E-state index in [0.717, 1.165) is 57.6 Å². The second-order valence-electron chi connectivity index (χ2n) is 7.89. The highest BCUT2D eigenvalue weighted by Gasteiger charge is 2.38. The number of rotatable bonds is 5. The van der Waals surface area contributed by atoms with Crippen molar-refractivity contribution >= 4 is 5.91 Å². The molecule has 0 spiro atoms. The summed E-state index contributed by atoms with van der Waals surface area (Å²) in [7, 11) is 0. The lowest BCUT2D eigenvalue weighted by atomic mass is 9.94. The molecule has 0 radical (unpaired) electrons. The lowest BCUT2D eigenvalue weighted by molar-refractivity contribution is 0.0574. The van der Waals surface area contributed by atoms with E-state index in [0.29, 0.717) is 12.5 Å². The molecular formula is C22H25F2N3O. The summed E-state index contributed by atoms with van der Waals surface area (Å²) in [5.74, 6) is -1.68. The van der Waals surface area contributed by atoms with Crippen LogP contribution in [0.1, 0.15) is 35.3 Å². The third-order valence-electron chi connectivity index (χ3n) is 5.84. The van der Waals surface area contributed by atoms with Crippen molar-refractivity contribution in [3.63, 3.8) is 0 Å². The van der Waals surface area contributed by atoms with Crippen molar-refractivity contribution in [3.8, 4) is 0 Å². The van der Waals surface area contributed by atoms with Gasteiger partial charge in [-0.1, -0.05) is 30.3 Å². The number of carbonyl (C=O) groups is 1. The van der Waals surface area contributed by atoms with Crippen LogP contribution in [-0.4, -0.2) is 52.9 Å². The molecule has 2 bridgehead atoms. The Morgan fingerprint density at radius 1 is 1.11 bits per heavy atom. The van der Waals surface area contributed by atoms with Gasteiger partial charge in [0, 0.05) is 31.7 Å². The quantitative estimate of drug-likeness (QED) is 0.790. The second-order valence-corrected chi connectivity index (χ2v) is 7.89. The predicted octanol–water partition coefficient (Wildman–Crippen LogP) is 3.53. The van der Waals surface area contributed by atoms with Gasteiger partial charge in [0.2, 0.25) is 0 Å². The lowest BCUT2D eigenvalue weighted by Crippen LogP contribution is -2.47. The van der Waals surface area contributed by atoms with Gasteiger partial charge in [-0.25, -0.2) is 13.8 Å². The van der Waals surface area contributed by atoms with Gasteiger partial charge in [0.25, 0.3) is 5.91 Å². The predicted molar refractivity (Wildman–Crippen MR) is 103 cm³/mol. The molecule has 0 unspecified atom stereocenters. The Balaban J connectivity index is 1.39. The number of benzene rings is 1. The van der Waals surface area contributed by atoms with E-state index in [1.54, 1.807) is 4.90 Å². The Morgan fingerprint density at radius 3 is 2.71 bits per heavy atom. The van der Waals surface area contributed by atoms with Gasteiger partial charge in [-0.15, -0.1) is 0 Å². The summed E-state index contributed by atoms with van der Waals surface area (Å²) >= 11 is 0. The van der Waals surface area contributed by atoms with E-state index in [4.69, 9.17) is 0 Å². The van der Waals surface area contributed by atoms with Gasteiger partial charge >= 0.3 is 0 Å². The van der Waals surface area contributed by atoms with Crippen LogP contribution in [0.15, 0.2) is 42.6 Å². The molecule has 1 aromatic carbocycles. The third kappa shape index (κ3) is 4.22. The van der Waals surface area contributed by atoms with Crippen molar-refractivity contribution in [3.05, 3.63) is 65.5 Å². The zero-order valence-electron chi connectivity index (χ0n) is 15.9. The number of halogens is 2. The van der Waals surface area contributed by atoms with Crippen LogP contribution in [-0.2, 0) is 6.42 Å². The van der Waals surface area contributed by atoms with Crippen LogP contribution in [0.3, 0.4) is 0 Å². The minimum Gasteiger partial charge on any atom is -0.333 e. The Morgan fingerprint density at radius 2 is 1.93 bits per heavy atom. The fraction of sp³-hybridized carbons (Fsp3) is 0.455. The monoisotopic (exact) mass is 385 g/mol. The summed E-state index contributed by atoms with van der Waals surface area (Å²) in [5.41, 5.74) is 1.07. The molecule has 0 saturated carbocycles. The molecule has 3 fully saturated rings. The van der Waals surface area contributed by atoms with Crippen molar-refractivity contribution < 1.29 is 13.6 Å². The zero-order valence-corrected chi connectivity index (χ0v) is 15.9.